The highest BCUT2D eigenvalue weighted by atomic mass is 16.5. The number of hydrogen-bond acceptors (Lipinski definition) is 3. The predicted molar refractivity (Wildman–Crippen MR) is 88.9 cm³/mol. The molecule has 2 amide bonds. The number of benzene rings is 1. The quantitative estimate of drug-likeness (QED) is 0.856. The van der Waals surface area contributed by atoms with Gasteiger partial charge in [0, 0.05) is 30.8 Å². The molecule has 2 saturated heterocycles. The molecule has 0 N–H and O–H groups in total. The molecular formula is C18H26N2O3. The topological polar surface area (TPSA) is 42.0 Å². The van der Waals surface area contributed by atoms with Crippen LogP contribution in [0.5, 0.6) is 11.5 Å². The summed E-state index contributed by atoms with van der Waals surface area (Å²) < 4.78 is 10.7. The van der Waals surface area contributed by atoms with Crippen LogP contribution in [-0.2, 0) is 6.54 Å². The number of urea groups is 1. The Balaban J connectivity index is 1.74. The van der Waals surface area contributed by atoms with Gasteiger partial charge >= 0.3 is 6.03 Å². The van der Waals surface area contributed by atoms with Gasteiger partial charge in [-0.1, -0.05) is 6.92 Å². The Bertz CT molecular complexity index is 575. The van der Waals surface area contributed by atoms with Crippen molar-refractivity contribution in [2.75, 3.05) is 27.3 Å². The third kappa shape index (κ3) is 3.23. The highest BCUT2D eigenvalue weighted by molar-refractivity contribution is 5.76. The summed E-state index contributed by atoms with van der Waals surface area (Å²) >= 11 is 0. The van der Waals surface area contributed by atoms with Gasteiger partial charge in [0.25, 0.3) is 0 Å². The van der Waals surface area contributed by atoms with E-state index in [4.69, 9.17) is 9.47 Å². The van der Waals surface area contributed by atoms with E-state index in [0.717, 1.165) is 43.0 Å². The molecule has 2 aliphatic heterocycles. The Morgan fingerprint density at radius 3 is 2.74 bits per heavy atom. The number of amides is 2. The summed E-state index contributed by atoms with van der Waals surface area (Å²) in [6, 6.07) is 6.38. The van der Waals surface area contributed by atoms with Crippen LogP contribution in [0.1, 0.15) is 31.7 Å². The van der Waals surface area contributed by atoms with E-state index in [1.165, 1.54) is 6.42 Å². The van der Waals surface area contributed by atoms with Crippen LogP contribution < -0.4 is 9.47 Å². The zero-order valence-electron chi connectivity index (χ0n) is 14.2. The highest BCUT2D eigenvalue weighted by Crippen LogP contribution is 2.31. The molecule has 23 heavy (non-hydrogen) atoms. The Hall–Kier alpha value is -1.91. The Labute approximate surface area is 138 Å². The first-order valence-electron chi connectivity index (χ1n) is 8.38. The zero-order chi connectivity index (χ0) is 16.4. The molecule has 0 radical (unpaired) electrons. The molecular weight excluding hydrogens is 292 g/mol. The number of nitrogens with zero attached hydrogens (tertiary/aromatic N) is 2. The van der Waals surface area contributed by atoms with Gasteiger partial charge < -0.3 is 19.3 Å². The van der Waals surface area contributed by atoms with E-state index < -0.39 is 0 Å². The molecule has 2 heterocycles. The fraction of sp³-hybridized carbons (Fsp3) is 0.611. The van der Waals surface area contributed by atoms with Crippen molar-refractivity contribution in [3.63, 3.8) is 0 Å². The van der Waals surface area contributed by atoms with Gasteiger partial charge in [-0.3, -0.25) is 0 Å². The van der Waals surface area contributed by atoms with Crippen molar-refractivity contribution in [3.05, 3.63) is 23.8 Å². The molecule has 126 valence electrons. The largest absolute Gasteiger partial charge is 0.497 e. The van der Waals surface area contributed by atoms with Crippen LogP contribution in [0.15, 0.2) is 18.2 Å². The molecule has 5 nitrogen and oxygen atoms in total. The Morgan fingerprint density at radius 2 is 2.00 bits per heavy atom. The van der Waals surface area contributed by atoms with Crippen molar-refractivity contribution < 1.29 is 14.3 Å². The maximum Gasteiger partial charge on any atom is 0.320 e. The molecule has 1 aromatic carbocycles. The van der Waals surface area contributed by atoms with Crippen LogP contribution in [0.3, 0.4) is 0 Å². The van der Waals surface area contributed by atoms with E-state index in [0.29, 0.717) is 18.5 Å². The highest BCUT2D eigenvalue weighted by Gasteiger charge is 2.36. The van der Waals surface area contributed by atoms with Crippen molar-refractivity contribution in [2.45, 2.75) is 38.8 Å². The third-order valence-corrected chi connectivity index (χ3v) is 5.05. The molecule has 0 bridgehead atoms. The maximum atomic E-state index is 12.8. The third-order valence-electron chi connectivity index (χ3n) is 5.05. The van der Waals surface area contributed by atoms with Crippen LogP contribution >= 0.6 is 0 Å². The monoisotopic (exact) mass is 318 g/mol. The van der Waals surface area contributed by atoms with Crippen LogP contribution in [-0.4, -0.2) is 49.2 Å². The minimum absolute atomic E-state index is 0.172. The number of piperidine rings is 1. The number of carbonyl (C=O) groups is 1. The van der Waals surface area contributed by atoms with Crippen molar-refractivity contribution >= 4 is 6.03 Å². The standard InChI is InChI=1S/C18H26N2O3/c1-13-4-6-15-8-9-19(18(21)20(15)11-13)12-14-5-7-16(22-2)10-17(14)23-3/h5,7,10,13,15H,4,6,8-9,11-12H2,1-3H3. The van der Waals surface area contributed by atoms with Crippen LogP contribution in [0.2, 0.25) is 0 Å². The number of rotatable bonds is 4. The molecule has 2 aliphatic rings. The van der Waals surface area contributed by atoms with Gasteiger partial charge in [-0.2, -0.15) is 0 Å². The number of hydrogen-bond donors (Lipinski definition) is 0. The number of methoxy groups -OCH3 is 2. The van der Waals surface area contributed by atoms with Gasteiger partial charge in [0.1, 0.15) is 11.5 Å². The molecule has 2 atom stereocenters. The normalized spacial score (nSPS) is 24.4. The number of ether oxygens (including phenoxy) is 2. The van der Waals surface area contributed by atoms with Gasteiger partial charge in [-0.25, -0.2) is 4.79 Å². The molecule has 0 aliphatic carbocycles. The van der Waals surface area contributed by atoms with E-state index >= 15 is 0 Å². The molecule has 0 saturated carbocycles. The summed E-state index contributed by atoms with van der Waals surface area (Å²) in [5, 5.41) is 0. The lowest BCUT2D eigenvalue weighted by atomic mass is 9.91. The number of fused-ring (bicyclic) bond motifs is 1. The summed E-state index contributed by atoms with van der Waals surface area (Å²) in [7, 11) is 3.29. The first-order chi connectivity index (χ1) is 11.1. The predicted octanol–water partition coefficient (Wildman–Crippen LogP) is 3.13. The van der Waals surface area contributed by atoms with E-state index in [1.54, 1.807) is 14.2 Å². The van der Waals surface area contributed by atoms with E-state index in [9.17, 15) is 4.79 Å². The van der Waals surface area contributed by atoms with Gasteiger partial charge in [-0.05, 0) is 37.3 Å². The maximum absolute atomic E-state index is 12.8. The summed E-state index contributed by atoms with van der Waals surface area (Å²) in [5.41, 5.74) is 1.02. The second kappa shape index (κ2) is 6.69. The number of carbonyl (C=O) groups excluding carboxylic acids is 1. The van der Waals surface area contributed by atoms with Crippen molar-refractivity contribution in [1.29, 1.82) is 0 Å². The molecule has 1 aromatic rings. The van der Waals surface area contributed by atoms with Crippen LogP contribution in [0.25, 0.3) is 0 Å². The Morgan fingerprint density at radius 1 is 1.17 bits per heavy atom. The second-order valence-corrected chi connectivity index (χ2v) is 6.66. The fourth-order valence-corrected chi connectivity index (χ4v) is 3.66. The summed E-state index contributed by atoms with van der Waals surface area (Å²) in [6.45, 7) is 4.53. The van der Waals surface area contributed by atoms with Crippen molar-refractivity contribution in [2.24, 2.45) is 5.92 Å². The molecule has 5 heteroatoms. The summed E-state index contributed by atoms with van der Waals surface area (Å²) in [5.74, 6) is 2.14. The lowest BCUT2D eigenvalue weighted by Gasteiger charge is -2.45. The van der Waals surface area contributed by atoms with Gasteiger partial charge in [0.15, 0.2) is 0 Å². The molecule has 3 rings (SSSR count). The lowest BCUT2D eigenvalue weighted by molar-refractivity contribution is 0.0618. The van der Waals surface area contributed by atoms with E-state index in [2.05, 4.69) is 11.8 Å². The first-order valence-corrected chi connectivity index (χ1v) is 8.38. The van der Waals surface area contributed by atoms with Gasteiger partial charge in [0.2, 0.25) is 0 Å². The SMILES string of the molecule is COc1ccc(CN2CCC3CCC(C)CN3C2=O)c(OC)c1. The molecule has 0 aromatic heterocycles. The van der Waals surface area contributed by atoms with Crippen LogP contribution in [0, 0.1) is 5.92 Å². The fourth-order valence-electron chi connectivity index (χ4n) is 3.66. The first kappa shape index (κ1) is 16.0. The van der Waals surface area contributed by atoms with E-state index in [-0.39, 0.29) is 6.03 Å². The molecule has 0 spiro atoms. The average Bonchev–Trinajstić information content (AvgIpc) is 2.58. The molecule has 2 fully saturated rings. The van der Waals surface area contributed by atoms with Crippen molar-refractivity contribution in [3.8, 4) is 11.5 Å². The summed E-state index contributed by atoms with van der Waals surface area (Å²) in [6.07, 6.45) is 3.45. The Kier molecular flexibility index (Phi) is 4.64. The minimum Gasteiger partial charge on any atom is -0.497 e. The van der Waals surface area contributed by atoms with Gasteiger partial charge in [-0.15, -0.1) is 0 Å². The summed E-state index contributed by atoms with van der Waals surface area (Å²) in [4.78, 5) is 16.8. The van der Waals surface area contributed by atoms with Gasteiger partial charge in [0.05, 0.1) is 20.8 Å². The average molecular weight is 318 g/mol. The minimum atomic E-state index is 0.172. The molecule has 2 unspecified atom stereocenters. The van der Waals surface area contributed by atoms with Crippen molar-refractivity contribution in [1.82, 2.24) is 9.80 Å². The zero-order valence-corrected chi connectivity index (χ0v) is 14.2. The van der Waals surface area contributed by atoms with Crippen LogP contribution in [0.4, 0.5) is 4.79 Å². The lowest BCUT2D eigenvalue weighted by Crippen LogP contribution is -2.56. The smallest absolute Gasteiger partial charge is 0.320 e. The van der Waals surface area contributed by atoms with E-state index in [1.807, 2.05) is 23.1 Å². The second-order valence-electron chi connectivity index (χ2n) is 6.66.